The van der Waals surface area contributed by atoms with Crippen molar-refractivity contribution in [1.82, 2.24) is 13.9 Å². The Kier molecular flexibility index (Phi) is 6.63. The Morgan fingerprint density at radius 3 is 2.67 bits per heavy atom. The first-order valence-electron chi connectivity index (χ1n) is 8.07. The third kappa shape index (κ3) is 4.67. The molecule has 1 aromatic carbocycles. The van der Waals surface area contributed by atoms with E-state index in [0.717, 1.165) is 11.5 Å². The van der Waals surface area contributed by atoms with Crippen LogP contribution in [0.5, 0.6) is 0 Å². The fraction of sp³-hybridized carbons (Fsp3) is 0.375. The first-order chi connectivity index (χ1) is 12.7. The molecule has 11 heteroatoms. The normalized spacial score (nSPS) is 11.6. The maximum Gasteiger partial charge on any atom is 0.362 e. The van der Waals surface area contributed by atoms with Gasteiger partial charge in [-0.1, -0.05) is 10.6 Å². The SMILES string of the molecule is CCOC(=O)c1nnsc1NC(=O)c1cccc(S(=O)(=O)N(C)C(C)C)c1. The molecular formula is C16H20N4O5S2. The second-order valence-electron chi connectivity index (χ2n) is 5.77. The number of nitrogens with zero attached hydrogens (tertiary/aromatic N) is 3. The van der Waals surface area contributed by atoms with Crippen LogP contribution in [-0.2, 0) is 14.8 Å². The lowest BCUT2D eigenvalue weighted by Crippen LogP contribution is -2.33. The summed E-state index contributed by atoms with van der Waals surface area (Å²) in [5.74, 6) is -1.28. The van der Waals surface area contributed by atoms with Gasteiger partial charge in [0.05, 0.1) is 11.5 Å². The molecule has 1 aromatic heterocycles. The summed E-state index contributed by atoms with van der Waals surface area (Å²) >= 11 is 0.825. The number of hydrogen-bond acceptors (Lipinski definition) is 8. The van der Waals surface area contributed by atoms with Crippen LogP contribution in [0.2, 0.25) is 0 Å². The fourth-order valence-corrected chi connectivity index (χ4v) is 3.99. The number of carbonyl (C=O) groups excluding carboxylic acids is 2. The number of rotatable bonds is 7. The van der Waals surface area contributed by atoms with Gasteiger partial charge in [-0.15, -0.1) is 5.10 Å². The Bertz CT molecular complexity index is 940. The number of amides is 1. The Balaban J connectivity index is 2.27. The minimum atomic E-state index is -3.73. The maximum atomic E-state index is 12.6. The molecular weight excluding hydrogens is 392 g/mol. The van der Waals surface area contributed by atoms with Crippen molar-refractivity contribution >= 4 is 38.4 Å². The molecule has 2 aromatic rings. The number of benzene rings is 1. The highest BCUT2D eigenvalue weighted by Gasteiger charge is 2.25. The molecule has 0 atom stereocenters. The van der Waals surface area contributed by atoms with E-state index in [0.29, 0.717) is 0 Å². The number of hydrogen-bond donors (Lipinski definition) is 1. The monoisotopic (exact) mass is 412 g/mol. The van der Waals surface area contributed by atoms with Crippen molar-refractivity contribution in [3.8, 4) is 0 Å². The van der Waals surface area contributed by atoms with Crippen molar-refractivity contribution in [3.63, 3.8) is 0 Å². The molecule has 1 N–H and O–H groups in total. The van der Waals surface area contributed by atoms with Crippen LogP contribution in [0.4, 0.5) is 5.00 Å². The van der Waals surface area contributed by atoms with E-state index < -0.39 is 21.9 Å². The van der Waals surface area contributed by atoms with Crippen LogP contribution in [0.25, 0.3) is 0 Å². The molecule has 0 radical (unpaired) electrons. The van der Waals surface area contributed by atoms with E-state index in [4.69, 9.17) is 4.74 Å². The molecule has 1 heterocycles. The minimum absolute atomic E-state index is 0.000559. The van der Waals surface area contributed by atoms with Crippen LogP contribution in [-0.4, -0.2) is 53.9 Å². The summed E-state index contributed by atoms with van der Waals surface area (Å²) in [5.41, 5.74) is 0.0231. The van der Waals surface area contributed by atoms with E-state index in [-0.39, 0.29) is 33.8 Å². The van der Waals surface area contributed by atoms with Crippen molar-refractivity contribution in [2.24, 2.45) is 0 Å². The smallest absolute Gasteiger partial charge is 0.362 e. The van der Waals surface area contributed by atoms with Gasteiger partial charge < -0.3 is 10.1 Å². The Morgan fingerprint density at radius 1 is 1.33 bits per heavy atom. The standard InChI is InChI=1S/C16H20N4O5S2/c1-5-25-16(22)13-15(26-19-18-13)17-14(21)11-7-6-8-12(9-11)27(23,24)20(4)10(2)3/h6-10H,5H2,1-4H3,(H,17,21). The summed E-state index contributed by atoms with van der Waals surface area (Å²) in [6, 6.07) is 5.42. The molecule has 0 bridgehead atoms. The van der Waals surface area contributed by atoms with Gasteiger partial charge in [0, 0.05) is 30.2 Å². The minimum Gasteiger partial charge on any atom is -0.461 e. The van der Waals surface area contributed by atoms with Crippen LogP contribution in [0, 0.1) is 0 Å². The summed E-state index contributed by atoms with van der Waals surface area (Å²) in [6.45, 7) is 5.31. The molecule has 0 aliphatic rings. The van der Waals surface area contributed by atoms with Crippen molar-refractivity contribution in [1.29, 1.82) is 0 Å². The topological polar surface area (TPSA) is 119 Å². The third-order valence-corrected chi connectivity index (χ3v) is 6.36. The van der Waals surface area contributed by atoms with Crippen LogP contribution < -0.4 is 5.32 Å². The molecule has 0 aliphatic heterocycles. The Labute approximate surface area is 161 Å². The van der Waals surface area contributed by atoms with Gasteiger partial charge in [-0.05, 0) is 39.0 Å². The van der Waals surface area contributed by atoms with Crippen molar-refractivity contribution in [3.05, 3.63) is 35.5 Å². The lowest BCUT2D eigenvalue weighted by atomic mass is 10.2. The number of aromatic nitrogens is 2. The lowest BCUT2D eigenvalue weighted by molar-refractivity contribution is 0.0520. The Hall–Kier alpha value is -2.37. The fourth-order valence-electron chi connectivity index (χ4n) is 2.02. The zero-order chi connectivity index (χ0) is 20.2. The highest BCUT2D eigenvalue weighted by Crippen LogP contribution is 2.22. The zero-order valence-electron chi connectivity index (χ0n) is 15.3. The van der Waals surface area contributed by atoms with Gasteiger partial charge >= 0.3 is 5.97 Å². The predicted molar refractivity (Wildman–Crippen MR) is 100 cm³/mol. The van der Waals surface area contributed by atoms with Crippen LogP contribution in [0.1, 0.15) is 41.6 Å². The van der Waals surface area contributed by atoms with Crippen molar-refractivity contribution < 1.29 is 22.7 Å². The van der Waals surface area contributed by atoms with Gasteiger partial charge in [-0.2, -0.15) is 4.31 Å². The van der Waals surface area contributed by atoms with Gasteiger partial charge in [-0.25, -0.2) is 13.2 Å². The van der Waals surface area contributed by atoms with E-state index in [2.05, 4.69) is 14.9 Å². The molecule has 1 amide bonds. The van der Waals surface area contributed by atoms with Crippen molar-refractivity contribution in [2.45, 2.75) is 31.7 Å². The van der Waals surface area contributed by atoms with Crippen LogP contribution in [0.3, 0.4) is 0 Å². The number of ether oxygens (including phenoxy) is 1. The molecule has 0 saturated carbocycles. The molecule has 0 fully saturated rings. The van der Waals surface area contributed by atoms with E-state index in [1.165, 1.54) is 35.6 Å². The van der Waals surface area contributed by atoms with Crippen LogP contribution in [0.15, 0.2) is 29.2 Å². The number of carbonyl (C=O) groups is 2. The van der Waals surface area contributed by atoms with Gasteiger partial charge in [-0.3, -0.25) is 4.79 Å². The molecule has 0 aliphatic carbocycles. The third-order valence-electron chi connectivity index (χ3n) is 3.68. The van der Waals surface area contributed by atoms with E-state index in [9.17, 15) is 18.0 Å². The largest absolute Gasteiger partial charge is 0.461 e. The molecule has 2 rings (SSSR count). The zero-order valence-corrected chi connectivity index (χ0v) is 16.9. The second kappa shape index (κ2) is 8.55. The van der Waals surface area contributed by atoms with Crippen LogP contribution >= 0.6 is 11.5 Å². The van der Waals surface area contributed by atoms with Gasteiger partial charge in [0.1, 0.15) is 0 Å². The maximum absolute atomic E-state index is 12.6. The highest BCUT2D eigenvalue weighted by atomic mass is 32.2. The molecule has 0 saturated heterocycles. The van der Waals surface area contributed by atoms with Gasteiger partial charge in [0.15, 0.2) is 5.00 Å². The second-order valence-corrected chi connectivity index (χ2v) is 8.52. The summed E-state index contributed by atoms with van der Waals surface area (Å²) in [4.78, 5) is 24.3. The number of anilines is 1. The average molecular weight is 412 g/mol. The molecule has 9 nitrogen and oxygen atoms in total. The number of esters is 1. The Morgan fingerprint density at radius 2 is 2.04 bits per heavy atom. The quantitative estimate of drug-likeness (QED) is 0.691. The van der Waals surface area contributed by atoms with E-state index >= 15 is 0 Å². The van der Waals surface area contributed by atoms with Crippen molar-refractivity contribution in [2.75, 3.05) is 19.0 Å². The summed E-state index contributed by atoms with van der Waals surface area (Å²) in [7, 11) is -2.25. The summed E-state index contributed by atoms with van der Waals surface area (Å²) in [5, 5.41) is 6.31. The molecule has 146 valence electrons. The first-order valence-corrected chi connectivity index (χ1v) is 10.3. The predicted octanol–water partition coefficient (Wildman–Crippen LogP) is 2.00. The van der Waals surface area contributed by atoms with E-state index in [1.54, 1.807) is 20.8 Å². The number of nitrogens with one attached hydrogen (secondary N) is 1. The van der Waals surface area contributed by atoms with Gasteiger partial charge in [0.2, 0.25) is 15.7 Å². The molecule has 0 unspecified atom stereocenters. The highest BCUT2D eigenvalue weighted by molar-refractivity contribution is 7.89. The first kappa shape index (κ1) is 20.9. The lowest BCUT2D eigenvalue weighted by Gasteiger charge is -2.21. The van der Waals surface area contributed by atoms with Gasteiger partial charge in [0.25, 0.3) is 5.91 Å². The summed E-state index contributed by atoms with van der Waals surface area (Å²) < 4.78 is 34.9. The number of sulfonamides is 1. The summed E-state index contributed by atoms with van der Waals surface area (Å²) in [6.07, 6.45) is 0. The molecule has 0 spiro atoms. The average Bonchev–Trinajstić information content (AvgIpc) is 3.09. The van der Waals surface area contributed by atoms with E-state index in [1.807, 2.05) is 0 Å². The molecule has 27 heavy (non-hydrogen) atoms.